The number of alkyl halides is 6. The molecule has 2 amide bonds. The van der Waals surface area contributed by atoms with Crippen molar-refractivity contribution in [2.75, 3.05) is 26.2 Å². The van der Waals surface area contributed by atoms with Crippen molar-refractivity contribution in [3.8, 4) is 0 Å². The van der Waals surface area contributed by atoms with Crippen molar-refractivity contribution in [3.63, 3.8) is 0 Å². The van der Waals surface area contributed by atoms with Gasteiger partial charge in [0.1, 0.15) is 0 Å². The van der Waals surface area contributed by atoms with Crippen LogP contribution >= 0.6 is 0 Å². The fourth-order valence-electron chi connectivity index (χ4n) is 5.52. The van der Waals surface area contributed by atoms with Gasteiger partial charge >= 0.3 is 12.4 Å². The minimum absolute atomic E-state index is 0.0485. The van der Waals surface area contributed by atoms with E-state index in [2.05, 4.69) is 0 Å². The molecule has 2 aliphatic heterocycles. The fraction of sp³-hybridized carbons (Fsp3) is 0.481. The Hall–Kier alpha value is -3.08. The molecule has 2 saturated heterocycles. The second-order valence-corrected chi connectivity index (χ2v) is 9.98. The molecule has 0 bridgehead atoms. The summed E-state index contributed by atoms with van der Waals surface area (Å²) in [4.78, 5) is 28.4. The van der Waals surface area contributed by atoms with E-state index in [0.717, 1.165) is 17.7 Å². The highest BCUT2D eigenvalue weighted by molar-refractivity contribution is 5.80. The summed E-state index contributed by atoms with van der Waals surface area (Å²) in [5, 5.41) is 9.73. The summed E-state index contributed by atoms with van der Waals surface area (Å²) < 4.78 is 79.9. The minimum Gasteiger partial charge on any atom is -0.369 e. The molecule has 0 spiro atoms. The number of halogens is 6. The first-order chi connectivity index (χ1) is 17.7. The highest BCUT2D eigenvalue weighted by Crippen LogP contribution is 2.50. The number of amides is 2. The van der Waals surface area contributed by atoms with E-state index in [0.29, 0.717) is 50.2 Å². The first-order valence-corrected chi connectivity index (χ1v) is 12.3. The molecule has 0 aliphatic carbocycles. The summed E-state index contributed by atoms with van der Waals surface area (Å²) in [6.45, 7) is 3.03. The highest BCUT2D eigenvalue weighted by Gasteiger charge is 2.71. The van der Waals surface area contributed by atoms with Crippen LogP contribution in [0.4, 0.5) is 26.3 Å². The van der Waals surface area contributed by atoms with Crippen molar-refractivity contribution in [1.82, 2.24) is 9.80 Å². The number of benzene rings is 2. The summed E-state index contributed by atoms with van der Waals surface area (Å²) in [5.41, 5.74) is -4.95. The normalized spacial score (nSPS) is 21.6. The molecular formula is C27H28F6N2O3. The zero-order chi connectivity index (χ0) is 27.9. The van der Waals surface area contributed by atoms with Crippen molar-refractivity contribution < 1.29 is 41.0 Å². The summed E-state index contributed by atoms with van der Waals surface area (Å²) in [7, 11) is 0. The smallest absolute Gasteiger partial charge is 0.369 e. The van der Waals surface area contributed by atoms with Crippen LogP contribution < -0.4 is 0 Å². The lowest BCUT2D eigenvalue weighted by molar-refractivity contribution is -0.376. The lowest BCUT2D eigenvalue weighted by Crippen LogP contribution is -2.53. The lowest BCUT2D eigenvalue weighted by atomic mass is 9.83. The number of carbonyl (C=O) groups is 2. The van der Waals surface area contributed by atoms with Crippen LogP contribution in [0.1, 0.15) is 48.3 Å². The molecule has 2 aromatic rings. The Kier molecular flexibility index (Phi) is 7.53. The predicted octanol–water partition coefficient (Wildman–Crippen LogP) is 4.97. The van der Waals surface area contributed by atoms with E-state index < -0.39 is 23.5 Å². The van der Waals surface area contributed by atoms with Gasteiger partial charge in [-0.2, -0.15) is 26.3 Å². The zero-order valence-corrected chi connectivity index (χ0v) is 20.6. The Morgan fingerprint density at radius 1 is 0.763 bits per heavy atom. The van der Waals surface area contributed by atoms with Gasteiger partial charge in [0.2, 0.25) is 11.8 Å². The third-order valence-corrected chi connectivity index (χ3v) is 7.73. The van der Waals surface area contributed by atoms with E-state index in [4.69, 9.17) is 0 Å². The lowest BCUT2D eigenvalue weighted by Gasteiger charge is -2.33. The summed E-state index contributed by atoms with van der Waals surface area (Å²) in [6.07, 6.45) is -10.9. The molecule has 1 N–H and O–H groups in total. The SMILES string of the molecule is CC(=O)N1CCC(C(=O)N2C[C@@H](c3ccccc3)[C@H](c3ccc(C(O)(C(F)(F)F)C(F)(F)F)cc3)C2)CC1. The Morgan fingerprint density at radius 2 is 1.24 bits per heavy atom. The zero-order valence-electron chi connectivity index (χ0n) is 20.6. The van der Waals surface area contributed by atoms with E-state index >= 15 is 0 Å². The second kappa shape index (κ2) is 10.2. The number of nitrogens with zero attached hydrogens (tertiary/aromatic N) is 2. The first-order valence-electron chi connectivity index (χ1n) is 12.3. The maximum absolute atomic E-state index is 13.4. The van der Waals surface area contributed by atoms with Gasteiger partial charge in [-0.15, -0.1) is 0 Å². The standard InChI is InChI=1S/C27H28F6N2O3/c1-17(36)34-13-11-20(12-14-34)24(37)35-15-22(18-5-3-2-4-6-18)23(16-35)19-7-9-21(10-8-19)25(38,26(28,29)30)27(31,32)33/h2-10,20,22-23,38H,11-16H2,1H3/t22-,23-/m0/s1. The molecule has 2 aromatic carbocycles. The third-order valence-electron chi connectivity index (χ3n) is 7.73. The molecule has 4 rings (SSSR count). The summed E-state index contributed by atoms with van der Waals surface area (Å²) >= 11 is 0. The molecule has 206 valence electrons. The van der Waals surface area contributed by atoms with Crippen molar-refractivity contribution >= 4 is 11.8 Å². The quantitative estimate of drug-likeness (QED) is 0.556. The summed E-state index contributed by atoms with van der Waals surface area (Å²) in [5.74, 6) is -0.994. The minimum atomic E-state index is -5.96. The molecule has 2 aliphatic rings. The van der Waals surface area contributed by atoms with Gasteiger partial charge in [0.05, 0.1) is 0 Å². The molecule has 5 nitrogen and oxygen atoms in total. The average Bonchev–Trinajstić information content (AvgIpc) is 3.32. The topological polar surface area (TPSA) is 60.9 Å². The average molecular weight is 543 g/mol. The second-order valence-electron chi connectivity index (χ2n) is 9.98. The molecule has 2 atom stereocenters. The molecule has 38 heavy (non-hydrogen) atoms. The fourth-order valence-corrected chi connectivity index (χ4v) is 5.52. The van der Waals surface area contributed by atoms with Crippen LogP contribution in [0.15, 0.2) is 54.6 Å². The molecule has 0 saturated carbocycles. The monoisotopic (exact) mass is 542 g/mol. The van der Waals surface area contributed by atoms with Gasteiger partial charge in [0.15, 0.2) is 0 Å². The van der Waals surface area contributed by atoms with Crippen LogP contribution in [0, 0.1) is 5.92 Å². The van der Waals surface area contributed by atoms with Crippen LogP contribution in [-0.4, -0.2) is 65.3 Å². The molecule has 2 fully saturated rings. The van der Waals surface area contributed by atoms with E-state index in [9.17, 15) is 41.0 Å². The molecular weight excluding hydrogens is 514 g/mol. The van der Waals surface area contributed by atoms with Gasteiger partial charge in [-0.05, 0) is 24.0 Å². The third kappa shape index (κ3) is 5.12. The van der Waals surface area contributed by atoms with E-state index in [-0.39, 0.29) is 36.1 Å². The maximum atomic E-state index is 13.4. The van der Waals surface area contributed by atoms with Gasteiger partial charge in [0.25, 0.3) is 5.60 Å². The van der Waals surface area contributed by atoms with Crippen molar-refractivity contribution in [3.05, 3.63) is 71.3 Å². The van der Waals surface area contributed by atoms with E-state index in [1.165, 1.54) is 6.92 Å². The van der Waals surface area contributed by atoms with Gasteiger partial charge in [-0.1, -0.05) is 54.6 Å². The Labute approximate surface area is 216 Å². The summed E-state index contributed by atoms with van der Waals surface area (Å²) in [6, 6.07) is 12.8. The number of hydrogen-bond acceptors (Lipinski definition) is 3. The number of piperidine rings is 1. The Bertz CT molecular complexity index is 1130. The van der Waals surface area contributed by atoms with E-state index in [1.807, 2.05) is 30.3 Å². The molecule has 2 heterocycles. The number of aliphatic hydroxyl groups is 1. The van der Waals surface area contributed by atoms with Gasteiger partial charge < -0.3 is 14.9 Å². The number of likely N-dealkylation sites (tertiary alicyclic amines) is 2. The molecule has 0 aromatic heterocycles. The van der Waals surface area contributed by atoms with Crippen LogP contribution in [0.5, 0.6) is 0 Å². The Balaban J connectivity index is 1.60. The number of carbonyl (C=O) groups excluding carboxylic acids is 2. The highest BCUT2D eigenvalue weighted by atomic mass is 19.4. The largest absolute Gasteiger partial charge is 0.430 e. The predicted molar refractivity (Wildman–Crippen MR) is 126 cm³/mol. The first kappa shape index (κ1) is 27.9. The van der Waals surface area contributed by atoms with Crippen molar-refractivity contribution in [1.29, 1.82) is 0 Å². The van der Waals surface area contributed by atoms with Gasteiger partial charge in [-0.3, -0.25) is 9.59 Å². The molecule has 11 heteroatoms. The van der Waals surface area contributed by atoms with Crippen LogP contribution in [0.3, 0.4) is 0 Å². The van der Waals surface area contributed by atoms with E-state index in [1.54, 1.807) is 9.80 Å². The van der Waals surface area contributed by atoms with Crippen molar-refractivity contribution in [2.24, 2.45) is 5.92 Å². The Morgan fingerprint density at radius 3 is 1.68 bits per heavy atom. The maximum Gasteiger partial charge on any atom is 0.430 e. The van der Waals surface area contributed by atoms with Crippen LogP contribution in [-0.2, 0) is 15.2 Å². The van der Waals surface area contributed by atoms with Crippen LogP contribution in [0.2, 0.25) is 0 Å². The molecule has 0 radical (unpaired) electrons. The van der Waals surface area contributed by atoms with Crippen LogP contribution in [0.25, 0.3) is 0 Å². The number of hydrogen-bond donors (Lipinski definition) is 1. The van der Waals surface area contributed by atoms with Gasteiger partial charge in [-0.25, -0.2) is 0 Å². The number of rotatable bonds is 4. The molecule has 0 unspecified atom stereocenters. The van der Waals surface area contributed by atoms with Crippen molar-refractivity contribution in [2.45, 2.75) is 49.6 Å². The van der Waals surface area contributed by atoms with Gasteiger partial charge in [0, 0.05) is 56.4 Å².